The number of carbonyl (C=O) groups is 3. The van der Waals surface area contributed by atoms with Crippen LogP contribution in [-0.4, -0.2) is 37.0 Å². The summed E-state index contributed by atoms with van der Waals surface area (Å²) in [6, 6.07) is 4.31. The summed E-state index contributed by atoms with van der Waals surface area (Å²) in [5, 5.41) is 5.44. The molecule has 2 amide bonds. The quantitative estimate of drug-likeness (QED) is 0.769. The number of esters is 1. The van der Waals surface area contributed by atoms with Gasteiger partial charge in [0.15, 0.2) is 6.61 Å². The Balaban J connectivity index is 2.42. The lowest BCUT2D eigenvalue weighted by Crippen LogP contribution is -2.41. The van der Waals surface area contributed by atoms with Gasteiger partial charge in [-0.15, -0.1) is 0 Å². The SMILES string of the molecule is CC(C)NC(=O)CNC(=O)COC(=O)c1cc(Cl)ccc1Cl. The monoisotopic (exact) mass is 346 g/mol. The van der Waals surface area contributed by atoms with Crippen LogP contribution in [0.25, 0.3) is 0 Å². The summed E-state index contributed by atoms with van der Waals surface area (Å²) in [7, 11) is 0. The molecule has 0 saturated heterocycles. The van der Waals surface area contributed by atoms with Crippen LogP contribution in [0.15, 0.2) is 18.2 Å². The minimum atomic E-state index is -0.769. The van der Waals surface area contributed by atoms with Crippen LogP contribution in [0.2, 0.25) is 10.0 Å². The predicted molar refractivity (Wildman–Crippen MR) is 83.0 cm³/mol. The molecule has 0 atom stereocenters. The van der Waals surface area contributed by atoms with E-state index in [9.17, 15) is 14.4 Å². The first-order valence-corrected chi connectivity index (χ1v) is 7.23. The Kier molecular flexibility index (Phi) is 7.14. The number of ether oxygens (including phenoxy) is 1. The van der Waals surface area contributed by atoms with Gasteiger partial charge >= 0.3 is 5.97 Å². The smallest absolute Gasteiger partial charge is 0.340 e. The van der Waals surface area contributed by atoms with Gasteiger partial charge in [-0.2, -0.15) is 0 Å². The van der Waals surface area contributed by atoms with E-state index < -0.39 is 18.5 Å². The van der Waals surface area contributed by atoms with E-state index in [2.05, 4.69) is 10.6 Å². The molecule has 6 nitrogen and oxygen atoms in total. The van der Waals surface area contributed by atoms with Crippen molar-refractivity contribution in [3.63, 3.8) is 0 Å². The molecule has 2 N–H and O–H groups in total. The molecule has 22 heavy (non-hydrogen) atoms. The van der Waals surface area contributed by atoms with Crippen LogP contribution in [0, 0.1) is 0 Å². The number of rotatable bonds is 6. The molecule has 0 bridgehead atoms. The highest BCUT2D eigenvalue weighted by Gasteiger charge is 2.14. The van der Waals surface area contributed by atoms with Gasteiger partial charge in [0.25, 0.3) is 5.91 Å². The van der Waals surface area contributed by atoms with Gasteiger partial charge in [0, 0.05) is 11.1 Å². The average Bonchev–Trinajstić information content (AvgIpc) is 2.44. The molecule has 1 aromatic rings. The maximum Gasteiger partial charge on any atom is 0.340 e. The van der Waals surface area contributed by atoms with Crippen molar-refractivity contribution < 1.29 is 19.1 Å². The molecule has 1 rings (SSSR count). The number of hydrogen-bond donors (Lipinski definition) is 2. The Morgan fingerprint density at radius 1 is 1.18 bits per heavy atom. The van der Waals surface area contributed by atoms with Crippen molar-refractivity contribution in [2.24, 2.45) is 0 Å². The van der Waals surface area contributed by atoms with Gasteiger partial charge in [-0.3, -0.25) is 9.59 Å². The highest BCUT2D eigenvalue weighted by Crippen LogP contribution is 2.21. The first-order valence-electron chi connectivity index (χ1n) is 6.48. The van der Waals surface area contributed by atoms with E-state index in [4.69, 9.17) is 27.9 Å². The molecule has 120 valence electrons. The van der Waals surface area contributed by atoms with Gasteiger partial charge in [-0.05, 0) is 32.0 Å². The van der Waals surface area contributed by atoms with Crippen molar-refractivity contribution in [1.29, 1.82) is 0 Å². The number of hydrogen-bond acceptors (Lipinski definition) is 4. The van der Waals surface area contributed by atoms with Crippen LogP contribution in [0.4, 0.5) is 0 Å². The molecule has 0 aliphatic carbocycles. The maximum absolute atomic E-state index is 11.8. The lowest BCUT2D eigenvalue weighted by atomic mass is 10.2. The first-order chi connectivity index (χ1) is 10.3. The van der Waals surface area contributed by atoms with Crippen LogP contribution < -0.4 is 10.6 Å². The third-order valence-corrected chi connectivity index (χ3v) is 2.94. The summed E-state index contributed by atoms with van der Waals surface area (Å²) in [6.07, 6.45) is 0. The molecule has 1 aromatic carbocycles. The fourth-order valence-corrected chi connectivity index (χ4v) is 1.83. The molecule has 8 heteroatoms. The van der Waals surface area contributed by atoms with E-state index in [1.165, 1.54) is 18.2 Å². The van der Waals surface area contributed by atoms with E-state index in [1.54, 1.807) is 13.8 Å². The summed E-state index contributed by atoms with van der Waals surface area (Å²) >= 11 is 11.6. The van der Waals surface area contributed by atoms with Crippen LogP contribution in [-0.2, 0) is 14.3 Å². The number of nitrogens with one attached hydrogen (secondary N) is 2. The van der Waals surface area contributed by atoms with E-state index >= 15 is 0 Å². The van der Waals surface area contributed by atoms with E-state index in [1.807, 2.05) is 0 Å². The fraction of sp³-hybridized carbons (Fsp3) is 0.357. The molecule has 0 saturated carbocycles. The lowest BCUT2D eigenvalue weighted by molar-refractivity contribution is -0.128. The second kappa shape index (κ2) is 8.60. The standard InChI is InChI=1S/C14H16Cl2N2O4/c1-8(2)18-12(19)6-17-13(20)7-22-14(21)10-5-9(15)3-4-11(10)16/h3-5,8H,6-7H2,1-2H3,(H,17,20)(H,18,19). The second-order valence-electron chi connectivity index (χ2n) is 4.70. The van der Waals surface area contributed by atoms with Gasteiger partial charge in [0.1, 0.15) is 0 Å². The van der Waals surface area contributed by atoms with Gasteiger partial charge < -0.3 is 15.4 Å². The lowest BCUT2D eigenvalue weighted by Gasteiger charge is -2.10. The zero-order valence-corrected chi connectivity index (χ0v) is 13.6. The highest BCUT2D eigenvalue weighted by atomic mass is 35.5. The molecule has 0 fully saturated rings. The van der Waals surface area contributed by atoms with E-state index in [-0.39, 0.29) is 29.1 Å². The highest BCUT2D eigenvalue weighted by molar-refractivity contribution is 6.35. The summed E-state index contributed by atoms with van der Waals surface area (Å²) in [5.74, 6) is -1.69. The molecule has 0 aliphatic heterocycles. The van der Waals surface area contributed by atoms with Crippen molar-refractivity contribution in [3.05, 3.63) is 33.8 Å². The first kappa shape index (κ1) is 18.3. The van der Waals surface area contributed by atoms with Gasteiger partial charge in [-0.25, -0.2) is 4.79 Å². The van der Waals surface area contributed by atoms with Crippen molar-refractivity contribution in [1.82, 2.24) is 10.6 Å². The summed E-state index contributed by atoms with van der Waals surface area (Å²) in [6.45, 7) is 2.90. The number of benzene rings is 1. The van der Waals surface area contributed by atoms with E-state index in [0.29, 0.717) is 5.02 Å². The molecular formula is C14H16Cl2N2O4. The van der Waals surface area contributed by atoms with Gasteiger partial charge in [0.05, 0.1) is 17.1 Å². The predicted octanol–water partition coefficient (Wildman–Crippen LogP) is 1.79. The zero-order valence-electron chi connectivity index (χ0n) is 12.1. The average molecular weight is 347 g/mol. The van der Waals surface area contributed by atoms with Crippen LogP contribution >= 0.6 is 23.2 Å². The zero-order chi connectivity index (χ0) is 16.7. The minimum Gasteiger partial charge on any atom is -0.452 e. The largest absolute Gasteiger partial charge is 0.452 e. The number of carbonyl (C=O) groups excluding carboxylic acids is 3. The molecule has 0 spiro atoms. The van der Waals surface area contributed by atoms with Gasteiger partial charge in [0.2, 0.25) is 5.91 Å². The molecule has 0 heterocycles. The Hall–Kier alpha value is -1.79. The Bertz CT molecular complexity index is 576. The molecular weight excluding hydrogens is 331 g/mol. The van der Waals surface area contributed by atoms with Crippen LogP contribution in [0.5, 0.6) is 0 Å². The minimum absolute atomic E-state index is 0.0211. The summed E-state index contributed by atoms with van der Waals surface area (Å²) in [4.78, 5) is 34.6. The Morgan fingerprint density at radius 2 is 1.86 bits per heavy atom. The summed E-state index contributed by atoms with van der Waals surface area (Å²) < 4.78 is 4.81. The summed E-state index contributed by atoms with van der Waals surface area (Å²) in [5.41, 5.74) is 0.0690. The van der Waals surface area contributed by atoms with Crippen molar-refractivity contribution in [2.75, 3.05) is 13.2 Å². The third-order valence-electron chi connectivity index (χ3n) is 2.38. The molecule has 0 aliphatic rings. The van der Waals surface area contributed by atoms with Crippen molar-refractivity contribution >= 4 is 41.0 Å². The second-order valence-corrected chi connectivity index (χ2v) is 5.54. The molecule has 0 aromatic heterocycles. The van der Waals surface area contributed by atoms with Crippen molar-refractivity contribution in [2.45, 2.75) is 19.9 Å². The Labute approximate surface area is 138 Å². The third kappa shape index (κ3) is 6.32. The fourth-order valence-electron chi connectivity index (χ4n) is 1.47. The van der Waals surface area contributed by atoms with Crippen LogP contribution in [0.1, 0.15) is 24.2 Å². The van der Waals surface area contributed by atoms with Gasteiger partial charge in [-0.1, -0.05) is 23.2 Å². The number of amides is 2. The van der Waals surface area contributed by atoms with E-state index in [0.717, 1.165) is 0 Å². The normalized spacial score (nSPS) is 10.2. The maximum atomic E-state index is 11.8. The molecule has 0 unspecified atom stereocenters. The molecule has 0 radical (unpaired) electrons. The topological polar surface area (TPSA) is 84.5 Å². The Morgan fingerprint density at radius 3 is 2.50 bits per heavy atom. The number of halogens is 2. The van der Waals surface area contributed by atoms with Crippen molar-refractivity contribution in [3.8, 4) is 0 Å². The van der Waals surface area contributed by atoms with Crippen LogP contribution in [0.3, 0.4) is 0 Å².